The van der Waals surface area contributed by atoms with E-state index >= 15 is 0 Å². The minimum atomic E-state index is 0.120. The van der Waals surface area contributed by atoms with Crippen LogP contribution in [0.2, 0.25) is 0 Å². The molecular formula is C9H12O. The second-order valence-electron chi connectivity index (χ2n) is 2.58. The van der Waals surface area contributed by atoms with E-state index in [0.717, 1.165) is 6.42 Å². The van der Waals surface area contributed by atoms with Gasteiger partial charge in [-0.05, 0) is 12.5 Å². The van der Waals surface area contributed by atoms with Crippen LogP contribution in [0.4, 0.5) is 0 Å². The molecule has 10 heavy (non-hydrogen) atoms. The first-order valence-electron chi connectivity index (χ1n) is 3.66. The third-order valence-corrected chi connectivity index (χ3v) is 1.96. The van der Waals surface area contributed by atoms with Crippen molar-refractivity contribution in [3.63, 3.8) is 0 Å². The quantitative estimate of drug-likeness (QED) is 0.539. The number of carbonyl (C=O) groups excluding carboxylic acids is 1. The summed E-state index contributed by atoms with van der Waals surface area (Å²) >= 11 is 0. The molecule has 0 fully saturated rings. The van der Waals surface area contributed by atoms with Crippen LogP contribution in [0.25, 0.3) is 0 Å². The fraction of sp³-hybridized carbons (Fsp3) is 0.444. The van der Waals surface area contributed by atoms with Crippen molar-refractivity contribution in [1.82, 2.24) is 0 Å². The van der Waals surface area contributed by atoms with Crippen LogP contribution in [-0.4, -0.2) is 5.78 Å². The molecule has 1 unspecified atom stereocenters. The maximum absolute atomic E-state index is 11.0. The van der Waals surface area contributed by atoms with Gasteiger partial charge < -0.3 is 0 Å². The second-order valence-corrected chi connectivity index (χ2v) is 2.58. The van der Waals surface area contributed by atoms with E-state index in [0.29, 0.717) is 0 Å². The monoisotopic (exact) mass is 136 g/mol. The molecule has 1 nitrogen and oxygen atoms in total. The van der Waals surface area contributed by atoms with E-state index in [2.05, 4.69) is 6.92 Å². The average Bonchev–Trinajstić information content (AvgIpc) is 1.95. The molecule has 0 aromatic rings. The molecule has 1 aliphatic carbocycles. The van der Waals surface area contributed by atoms with Crippen LogP contribution >= 0.6 is 0 Å². The van der Waals surface area contributed by atoms with Crippen molar-refractivity contribution < 1.29 is 4.79 Å². The van der Waals surface area contributed by atoms with Crippen LogP contribution in [0.5, 0.6) is 0 Å². The van der Waals surface area contributed by atoms with Crippen LogP contribution in [0.1, 0.15) is 20.3 Å². The molecule has 0 saturated carbocycles. The lowest BCUT2D eigenvalue weighted by Gasteiger charge is -2.13. The molecule has 1 heteroatoms. The Kier molecular flexibility index (Phi) is 2.05. The Hall–Kier alpha value is -0.850. The summed E-state index contributed by atoms with van der Waals surface area (Å²) < 4.78 is 0. The largest absolute Gasteiger partial charge is 0.294 e. The molecule has 0 heterocycles. The SMILES string of the molecule is CCC1=CC=CC(=O)C1C. The fourth-order valence-corrected chi connectivity index (χ4v) is 1.16. The molecule has 0 bridgehead atoms. The van der Waals surface area contributed by atoms with Crippen molar-refractivity contribution in [2.24, 2.45) is 5.92 Å². The van der Waals surface area contributed by atoms with Crippen molar-refractivity contribution in [2.75, 3.05) is 0 Å². The van der Waals surface area contributed by atoms with E-state index in [9.17, 15) is 4.79 Å². The average molecular weight is 136 g/mol. The molecule has 1 atom stereocenters. The fourth-order valence-electron chi connectivity index (χ4n) is 1.16. The van der Waals surface area contributed by atoms with Gasteiger partial charge in [-0.1, -0.05) is 31.6 Å². The lowest BCUT2D eigenvalue weighted by Crippen LogP contribution is -2.12. The minimum absolute atomic E-state index is 0.120. The Balaban J connectivity index is 2.81. The Morgan fingerprint density at radius 1 is 1.60 bits per heavy atom. The normalized spacial score (nSPS) is 24.8. The highest BCUT2D eigenvalue weighted by Gasteiger charge is 2.15. The molecule has 0 N–H and O–H groups in total. The number of allylic oxidation sites excluding steroid dienone is 4. The van der Waals surface area contributed by atoms with Gasteiger partial charge in [0.2, 0.25) is 0 Å². The summed E-state index contributed by atoms with van der Waals surface area (Å²) in [4.78, 5) is 11.0. The molecule has 0 aromatic heterocycles. The van der Waals surface area contributed by atoms with E-state index in [1.54, 1.807) is 6.08 Å². The highest BCUT2D eigenvalue weighted by Crippen LogP contribution is 2.19. The summed E-state index contributed by atoms with van der Waals surface area (Å²) in [6.07, 6.45) is 6.49. The second kappa shape index (κ2) is 2.82. The Labute approximate surface area is 61.4 Å². The smallest absolute Gasteiger partial charge is 0.162 e. The molecule has 54 valence electrons. The highest BCUT2D eigenvalue weighted by atomic mass is 16.1. The summed E-state index contributed by atoms with van der Waals surface area (Å²) in [5.74, 6) is 0.356. The van der Waals surface area contributed by atoms with Gasteiger partial charge in [-0.25, -0.2) is 0 Å². The highest BCUT2D eigenvalue weighted by molar-refractivity contribution is 5.94. The molecule has 1 rings (SSSR count). The summed E-state index contributed by atoms with van der Waals surface area (Å²) in [5, 5.41) is 0. The van der Waals surface area contributed by atoms with E-state index in [4.69, 9.17) is 0 Å². The van der Waals surface area contributed by atoms with Crippen molar-refractivity contribution >= 4 is 5.78 Å². The number of hydrogen-bond acceptors (Lipinski definition) is 1. The summed E-state index contributed by atoms with van der Waals surface area (Å²) in [7, 11) is 0. The summed E-state index contributed by atoms with van der Waals surface area (Å²) in [6.45, 7) is 4.04. The van der Waals surface area contributed by atoms with Crippen molar-refractivity contribution in [3.05, 3.63) is 23.8 Å². The van der Waals surface area contributed by atoms with Crippen LogP contribution in [0.3, 0.4) is 0 Å². The molecule has 0 aliphatic heterocycles. The topological polar surface area (TPSA) is 17.1 Å². The number of rotatable bonds is 1. The maximum Gasteiger partial charge on any atom is 0.162 e. The lowest BCUT2D eigenvalue weighted by molar-refractivity contribution is -0.116. The third kappa shape index (κ3) is 1.18. The van der Waals surface area contributed by atoms with Gasteiger partial charge >= 0.3 is 0 Å². The molecule has 0 radical (unpaired) electrons. The predicted octanol–water partition coefficient (Wildman–Crippen LogP) is 2.10. The Morgan fingerprint density at radius 2 is 2.30 bits per heavy atom. The van der Waals surface area contributed by atoms with Crippen LogP contribution < -0.4 is 0 Å². The van der Waals surface area contributed by atoms with Crippen LogP contribution in [0.15, 0.2) is 23.8 Å². The van der Waals surface area contributed by atoms with Crippen molar-refractivity contribution in [3.8, 4) is 0 Å². The zero-order valence-electron chi connectivity index (χ0n) is 6.42. The van der Waals surface area contributed by atoms with Gasteiger partial charge in [-0.15, -0.1) is 0 Å². The lowest BCUT2D eigenvalue weighted by atomic mass is 9.91. The standard InChI is InChI=1S/C9H12O/c1-3-8-5-4-6-9(10)7(8)2/h4-7H,3H2,1-2H3. The van der Waals surface area contributed by atoms with Crippen LogP contribution in [-0.2, 0) is 4.79 Å². The van der Waals surface area contributed by atoms with E-state index in [1.807, 2.05) is 19.1 Å². The molecule has 0 spiro atoms. The van der Waals surface area contributed by atoms with Gasteiger partial charge in [0.25, 0.3) is 0 Å². The van der Waals surface area contributed by atoms with E-state index in [-0.39, 0.29) is 11.7 Å². The first-order valence-corrected chi connectivity index (χ1v) is 3.66. The molecule has 0 aromatic carbocycles. The third-order valence-electron chi connectivity index (χ3n) is 1.96. The molecule has 1 aliphatic rings. The van der Waals surface area contributed by atoms with Gasteiger partial charge in [0.05, 0.1) is 0 Å². The maximum atomic E-state index is 11.0. The van der Waals surface area contributed by atoms with Gasteiger partial charge in [-0.2, -0.15) is 0 Å². The minimum Gasteiger partial charge on any atom is -0.294 e. The van der Waals surface area contributed by atoms with Gasteiger partial charge in [0.1, 0.15) is 0 Å². The first-order chi connectivity index (χ1) is 4.75. The number of carbonyl (C=O) groups is 1. The number of hydrogen-bond donors (Lipinski definition) is 0. The van der Waals surface area contributed by atoms with E-state index in [1.165, 1.54) is 5.57 Å². The van der Waals surface area contributed by atoms with Crippen LogP contribution in [0, 0.1) is 5.92 Å². The zero-order chi connectivity index (χ0) is 7.56. The Morgan fingerprint density at radius 3 is 2.80 bits per heavy atom. The first kappa shape index (κ1) is 7.26. The van der Waals surface area contributed by atoms with Gasteiger partial charge in [0.15, 0.2) is 5.78 Å². The Bertz CT molecular complexity index is 199. The van der Waals surface area contributed by atoms with Crippen molar-refractivity contribution in [2.45, 2.75) is 20.3 Å². The van der Waals surface area contributed by atoms with Gasteiger partial charge in [0, 0.05) is 5.92 Å². The molecule has 0 saturated heterocycles. The molecule has 0 amide bonds. The molecular weight excluding hydrogens is 124 g/mol. The number of ketones is 1. The predicted molar refractivity (Wildman–Crippen MR) is 41.7 cm³/mol. The van der Waals surface area contributed by atoms with E-state index < -0.39 is 0 Å². The van der Waals surface area contributed by atoms with Crippen molar-refractivity contribution in [1.29, 1.82) is 0 Å². The summed E-state index contributed by atoms with van der Waals surface area (Å²) in [5.41, 5.74) is 1.24. The summed E-state index contributed by atoms with van der Waals surface area (Å²) in [6, 6.07) is 0. The zero-order valence-corrected chi connectivity index (χ0v) is 6.42. The van der Waals surface area contributed by atoms with Gasteiger partial charge in [-0.3, -0.25) is 4.79 Å².